The third kappa shape index (κ3) is 6.98. The van der Waals surface area contributed by atoms with Crippen molar-refractivity contribution >= 4 is 29.9 Å². The maximum atomic E-state index is 5.40. The monoisotopic (exact) mass is 517 g/mol. The van der Waals surface area contributed by atoms with Gasteiger partial charge in [-0.25, -0.2) is 4.98 Å². The molecule has 0 saturated carbocycles. The second-order valence-electron chi connectivity index (χ2n) is 6.70. The minimum Gasteiger partial charge on any atom is -0.493 e. The van der Waals surface area contributed by atoms with Crippen LogP contribution in [0.4, 0.5) is 0 Å². The second kappa shape index (κ2) is 12.4. The van der Waals surface area contributed by atoms with E-state index >= 15 is 0 Å². The normalized spacial score (nSPS) is 11.1. The molecule has 1 aromatic carbocycles. The lowest BCUT2D eigenvalue weighted by molar-refractivity contribution is 0.323. The van der Waals surface area contributed by atoms with E-state index in [1.165, 1.54) is 0 Å². The number of halogens is 1. The van der Waals surface area contributed by atoms with Crippen LogP contribution in [0.15, 0.2) is 29.5 Å². The number of methoxy groups -OCH3 is 3. The molecular formula is C20H32IN5O3. The molecule has 1 aromatic heterocycles. The molecule has 0 atom stereocenters. The molecule has 0 bridgehead atoms. The molecule has 0 aliphatic carbocycles. The standard InChI is InChI=1S/C20H31N5O3.HI/c1-14(2)13-25-8-7-22-18(25)12-24-20(21-3)23-11-15-9-16(26-4)19(28-6)17(10-15)27-5;/h7-10,14H,11-13H2,1-6H3,(H2,21,23,24);1H. The Labute approximate surface area is 190 Å². The van der Waals surface area contributed by atoms with Gasteiger partial charge >= 0.3 is 0 Å². The zero-order chi connectivity index (χ0) is 20.5. The van der Waals surface area contributed by atoms with Crippen molar-refractivity contribution < 1.29 is 14.2 Å². The molecular weight excluding hydrogens is 485 g/mol. The molecule has 9 heteroatoms. The summed E-state index contributed by atoms with van der Waals surface area (Å²) < 4.78 is 18.3. The van der Waals surface area contributed by atoms with Gasteiger partial charge in [-0.2, -0.15) is 0 Å². The number of hydrogen-bond donors (Lipinski definition) is 2. The Morgan fingerprint density at radius 1 is 1.07 bits per heavy atom. The first-order valence-corrected chi connectivity index (χ1v) is 9.25. The first-order chi connectivity index (χ1) is 13.5. The maximum Gasteiger partial charge on any atom is 0.203 e. The molecule has 29 heavy (non-hydrogen) atoms. The molecule has 0 unspecified atom stereocenters. The van der Waals surface area contributed by atoms with E-state index in [0.717, 1.165) is 17.9 Å². The number of aliphatic imine (C=N–C) groups is 1. The Balaban J connectivity index is 0.00000420. The number of rotatable bonds is 9. The Hall–Kier alpha value is -2.17. The first kappa shape index (κ1) is 24.9. The third-order valence-corrected chi connectivity index (χ3v) is 4.19. The molecule has 0 aliphatic heterocycles. The van der Waals surface area contributed by atoms with Gasteiger partial charge < -0.3 is 29.4 Å². The zero-order valence-corrected chi connectivity index (χ0v) is 20.3. The Bertz CT molecular complexity index is 767. The lowest BCUT2D eigenvalue weighted by Crippen LogP contribution is -2.37. The number of hydrogen-bond acceptors (Lipinski definition) is 5. The van der Waals surface area contributed by atoms with Crippen LogP contribution in [0.3, 0.4) is 0 Å². The highest BCUT2D eigenvalue weighted by atomic mass is 127. The largest absolute Gasteiger partial charge is 0.493 e. The summed E-state index contributed by atoms with van der Waals surface area (Å²) in [5.41, 5.74) is 0.985. The van der Waals surface area contributed by atoms with Gasteiger partial charge in [-0.15, -0.1) is 24.0 Å². The van der Waals surface area contributed by atoms with Gasteiger partial charge in [-0.05, 0) is 23.6 Å². The quantitative estimate of drug-likeness (QED) is 0.303. The van der Waals surface area contributed by atoms with Crippen molar-refractivity contribution in [2.45, 2.75) is 33.5 Å². The number of guanidine groups is 1. The van der Waals surface area contributed by atoms with Crippen molar-refractivity contribution in [1.29, 1.82) is 0 Å². The predicted molar refractivity (Wildman–Crippen MR) is 126 cm³/mol. The summed E-state index contributed by atoms with van der Waals surface area (Å²) >= 11 is 0. The third-order valence-electron chi connectivity index (χ3n) is 4.19. The average molecular weight is 517 g/mol. The molecule has 1 heterocycles. The number of aromatic nitrogens is 2. The number of ether oxygens (including phenoxy) is 3. The van der Waals surface area contributed by atoms with Crippen LogP contribution in [-0.4, -0.2) is 43.9 Å². The summed E-state index contributed by atoms with van der Waals surface area (Å²) in [4.78, 5) is 8.71. The average Bonchev–Trinajstić information content (AvgIpc) is 3.13. The minimum absolute atomic E-state index is 0. The van der Waals surface area contributed by atoms with Crippen LogP contribution in [0.5, 0.6) is 17.2 Å². The fourth-order valence-corrected chi connectivity index (χ4v) is 2.87. The van der Waals surface area contributed by atoms with Crippen molar-refractivity contribution in [2.75, 3.05) is 28.4 Å². The Morgan fingerprint density at radius 2 is 1.69 bits per heavy atom. The smallest absolute Gasteiger partial charge is 0.203 e. The lowest BCUT2D eigenvalue weighted by atomic mass is 10.2. The van der Waals surface area contributed by atoms with Crippen LogP contribution in [0.2, 0.25) is 0 Å². The number of imidazole rings is 1. The zero-order valence-electron chi connectivity index (χ0n) is 18.0. The molecule has 0 spiro atoms. The van der Waals surface area contributed by atoms with Crippen LogP contribution >= 0.6 is 24.0 Å². The van der Waals surface area contributed by atoms with Crippen molar-refractivity contribution in [3.05, 3.63) is 35.9 Å². The molecule has 8 nitrogen and oxygen atoms in total. The molecule has 0 aliphatic rings. The molecule has 0 fully saturated rings. The van der Waals surface area contributed by atoms with E-state index in [9.17, 15) is 0 Å². The van der Waals surface area contributed by atoms with Crippen molar-refractivity contribution in [2.24, 2.45) is 10.9 Å². The SMILES string of the molecule is CN=C(NCc1cc(OC)c(OC)c(OC)c1)NCc1nccn1CC(C)C.I. The number of nitrogens with zero attached hydrogens (tertiary/aromatic N) is 3. The lowest BCUT2D eigenvalue weighted by Gasteiger charge is -2.16. The summed E-state index contributed by atoms with van der Waals surface area (Å²) in [6, 6.07) is 3.83. The fraction of sp³-hybridized carbons (Fsp3) is 0.500. The van der Waals surface area contributed by atoms with E-state index in [2.05, 4.69) is 39.0 Å². The van der Waals surface area contributed by atoms with Gasteiger partial charge in [0.1, 0.15) is 5.82 Å². The topological polar surface area (TPSA) is 81.9 Å². The molecule has 2 aromatic rings. The van der Waals surface area contributed by atoms with Crippen LogP contribution in [-0.2, 0) is 19.6 Å². The summed E-state index contributed by atoms with van der Waals surface area (Å²) in [5.74, 6) is 4.05. The van der Waals surface area contributed by atoms with Crippen LogP contribution < -0.4 is 24.8 Å². The van der Waals surface area contributed by atoms with Gasteiger partial charge in [-0.1, -0.05) is 13.8 Å². The highest BCUT2D eigenvalue weighted by Crippen LogP contribution is 2.38. The van der Waals surface area contributed by atoms with Crippen LogP contribution in [0.25, 0.3) is 0 Å². The Kier molecular flexibility index (Phi) is 10.6. The van der Waals surface area contributed by atoms with E-state index in [4.69, 9.17) is 14.2 Å². The van der Waals surface area contributed by atoms with Gasteiger partial charge in [0.2, 0.25) is 5.75 Å². The molecule has 162 valence electrons. The van der Waals surface area contributed by atoms with Gasteiger partial charge in [0.05, 0.1) is 27.9 Å². The highest BCUT2D eigenvalue weighted by molar-refractivity contribution is 14.0. The fourth-order valence-electron chi connectivity index (χ4n) is 2.87. The summed E-state index contributed by atoms with van der Waals surface area (Å²) in [5, 5.41) is 6.60. The molecule has 0 amide bonds. The number of nitrogens with one attached hydrogen (secondary N) is 2. The van der Waals surface area contributed by atoms with Gasteiger partial charge in [-0.3, -0.25) is 4.99 Å². The van der Waals surface area contributed by atoms with E-state index in [0.29, 0.717) is 42.2 Å². The van der Waals surface area contributed by atoms with Crippen LogP contribution in [0, 0.1) is 5.92 Å². The summed E-state index contributed by atoms with van der Waals surface area (Å²) in [7, 11) is 6.54. The van der Waals surface area contributed by atoms with E-state index in [1.807, 2.05) is 24.5 Å². The van der Waals surface area contributed by atoms with E-state index in [1.54, 1.807) is 28.4 Å². The predicted octanol–water partition coefficient (Wildman–Crippen LogP) is 3.05. The van der Waals surface area contributed by atoms with E-state index in [-0.39, 0.29) is 24.0 Å². The molecule has 0 saturated heterocycles. The van der Waals surface area contributed by atoms with E-state index < -0.39 is 0 Å². The van der Waals surface area contributed by atoms with Crippen molar-refractivity contribution in [3.63, 3.8) is 0 Å². The second-order valence-corrected chi connectivity index (χ2v) is 6.70. The first-order valence-electron chi connectivity index (χ1n) is 9.25. The summed E-state index contributed by atoms with van der Waals surface area (Å²) in [6.07, 6.45) is 3.83. The molecule has 2 N–H and O–H groups in total. The van der Waals surface area contributed by atoms with Crippen molar-refractivity contribution in [1.82, 2.24) is 20.2 Å². The molecule has 0 radical (unpaired) electrons. The minimum atomic E-state index is 0. The summed E-state index contributed by atoms with van der Waals surface area (Å²) in [6.45, 7) is 6.46. The maximum absolute atomic E-state index is 5.40. The number of benzene rings is 1. The van der Waals surface area contributed by atoms with Gasteiger partial charge in [0, 0.05) is 32.5 Å². The van der Waals surface area contributed by atoms with Gasteiger partial charge in [0.25, 0.3) is 0 Å². The van der Waals surface area contributed by atoms with Gasteiger partial charge in [0.15, 0.2) is 17.5 Å². The van der Waals surface area contributed by atoms with Crippen LogP contribution in [0.1, 0.15) is 25.2 Å². The highest BCUT2D eigenvalue weighted by Gasteiger charge is 2.13. The van der Waals surface area contributed by atoms with Crippen molar-refractivity contribution in [3.8, 4) is 17.2 Å². The molecule has 2 rings (SSSR count). The Morgan fingerprint density at radius 3 is 2.21 bits per heavy atom.